The fraction of sp³-hybridized carbons (Fsp3) is 0.600. The molecule has 0 amide bonds. The van der Waals surface area contributed by atoms with E-state index >= 15 is 0 Å². The van der Waals surface area contributed by atoms with Crippen LogP contribution in [0.15, 0.2) is 6.20 Å². The maximum atomic E-state index is 10.9. The second-order valence-electron chi connectivity index (χ2n) is 4.38. The van der Waals surface area contributed by atoms with E-state index in [-0.39, 0.29) is 29.6 Å². The monoisotopic (exact) mass is 268 g/mol. The molecule has 1 aliphatic heterocycles. The van der Waals surface area contributed by atoms with Gasteiger partial charge in [0.2, 0.25) is 11.8 Å². The molecule has 4 N–H and O–H groups in total. The summed E-state index contributed by atoms with van der Waals surface area (Å²) >= 11 is 0. The Labute approximate surface area is 109 Å². The van der Waals surface area contributed by atoms with Gasteiger partial charge < -0.3 is 10.1 Å². The van der Waals surface area contributed by atoms with Crippen LogP contribution in [0.1, 0.15) is 19.8 Å². The molecule has 2 atom stereocenters. The normalized spacial score (nSPS) is 22.8. The number of nitrogens with two attached hydrogens (primary N) is 1. The Morgan fingerprint density at radius 2 is 2.42 bits per heavy atom. The van der Waals surface area contributed by atoms with Crippen LogP contribution in [-0.4, -0.2) is 33.6 Å². The van der Waals surface area contributed by atoms with Crippen molar-refractivity contribution in [2.75, 3.05) is 17.3 Å². The van der Waals surface area contributed by atoms with E-state index in [2.05, 4.69) is 20.7 Å². The van der Waals surface area contributed by atoms with E-state index in [9.17, 15) is 10.1 Å². The highest BCUT2D eigenvalue weighted by atomic mass is 16.6. The van der Waals surface area contributed by atoms with Crippen LogP contribution >= 0.6 is 0 Å². The largest absolute Gasteiger partial charge is 0.378 e. The van der Waals surface area contributed by atoms with Crippen molar-refractivity contribution >= 4 is 17.5 Å². The molecule has 9 nitrogen and oxygen atoms in total. The fourth-order valence-corrected chi connectivity index (χ4v) is 2.01. The summed E-state index contributed by atoms with van der Waals surface area (Å²) in [5, 5.41) is 14.0. The first kappa shape index (κ1) is 13.4. The van der Waals surface area contributed by atoms with E-state index in [1.54, 1.807) is 0 Å². The minimum absolute atomic E-state index is 0.0861. The second kappa shape index (κ2) is 5.76. The van der Waals surface area contributed by atoms with Crippen LogP contribution in [0.3, 0.4) is 0 Å². The van der Waals surface area contributed by atoms with Crippen LogP contribution in [0.25, 0.3) is 0 Å². The Hall–Kier alpha value is -2.00. The third kappa shape index (κ3) is 3.26. The summed E-state index contributed by atoms with van der Waals surface area (Å²) in [6, 6.07) is 0.0861. The molecular formula is C10H16N6O3. The number of nitrogens with zero attached hydrogens (tertiary/aromatic N) is 3. The molecule has 104 valence electrons. The number of hydrazine groups is 1. The number of aromatic nitrogens is 2. The number of rotatable bonds is 4. The maximum Gasteiger partial charge on any atom is 0.329 e. The van der Waals surface area contributed by atoms with E-state index < -0.39 is 4.92 Å². The first-order valence-electron chi connectivity index (χ1n) is 5.96. The van der Waals surface area contributed by atoms with Crippen molar-refractivity contribution in [3.05, 3.63) is 16.3 Å². The highest BCUT2D eigenvalue weighted by Gasteiger charge is 2.24. The molecule has 1 saturated heterocycles. The van der Waals surface area contributed by atoms with Gasteiger partial charge in [-0.1, -0.05) is 0 Å². The van der Waals surface area contributed by atoms with Gasteiger partial charge in [0, 0.05) is 12.6 Å². The summed E-state index contributed by atoms with van der Waals surface area (Å²) in [5.41, 5.74) is 2.10. The van der Waals surface area contributed by atoms with Crippen LogP contribution in [0.5, 0.6) is 0 Å². The molecule has 1 aliphatic rings. The van der Waals surface area contributed by atoms with Crippen LogP contribution in [0, 0.1) is 10.1 Å². The molecule has 0 saturated carbocycles. The van der Waals surface area contributed by atoms with E-state index in [0.29, 0.717) is 6.61 Å². The first-order valence-corrected chi connectivity index (χ1v) is 5.96. The molecule has 0 radical (unpaired) electrons. The van der Waals surface area contributed by atoms with Crippen molar-refractivity contribution in [2.45, 2.75) is 31.9 Å². The molecule has 0 aliphatic carbocycles. The van der Waals surface area contributed by atoms with Gasteiger partial charge in [-0.05, 0) is 19.8 Å². The number of anilines is 2. The number of nitrogens with one attached hydrogen (secondary N) is 2. The zero-order valence-electron chi connectivity index (χ0n) is 10.5. The zero-order chi connectivity index (χ0) is 13.8. The lowest BCUT2D eigenvalue weighted by Gasteiger charge is -2.28. The van der Waals surface area contributed by atoms with Gasteiger partial charge in [0.1, 0.15) is 6.20 Å². The Kier molecular flexibility index (Phi) is 4.07. The molecule has 2 heterocycles. The average molecular weight is 268 g/mol. The summed E-state index contributed by atoms with van der Waals surface area (Å²) in [6.45, 7) is 2.59. The topological polar surface area (TPSA) is 128 Å². The van der Waals surface area contributed by atoms with E-state index in [1.807, 2.05) is 6.92 Å². The predicted molar refractivity (Wildman–Crippen MR) is 68.6 cm³/mol. The van der Waals surface area contributed by atoms with Gasteiger partial charge in [-0.3, -0.25) is 15.5 Å². The molecule has 1 aromatic rings. The summed E-state index contributed by atoms with van der Waals surface area (Å²) in [4.78, 5) is 18.1. The summed E-state index contributed by atoms with van der Waals surface area (Å²) in [6.07, 6.45) is 2.80. The zero-order valence-corrected chi connectivity index (χ0v) is 10.5. The molecule has 2 unspecified atom stereocenters. The highest BCUT2D eigenvalue weighted by molar-refractivity contribution is 5.57. The molecule has 0 spiro atoms. The van der Waals surface area contributed by atoms with Gasteiger partial charge in [-0.15, -0.1) is 0 Å². The van der Waals surface area contributed by atoms with Gasteiger partial charge in [0.25, 0.3) is 0 Å². The molecule has 2 rings (SSSR count). The second-order valence-corrected chi connectivity index (χ2v) is 4.38. The van der Waals surface area contributed by atoms with Crippen molar-refractivity contribution in [2.24, 2.45) is 5.84 Å². The molecule has 9 heteroatoms. The predicted octanol–water partition coefficient (Wildman–Crippen LogP) is 0.650. The molecule has 0 bridgehead atoms. The highest BCUT2D eigenvalue weighted by Crippen LogP contribution is 2.25. The van der Waals surface area contributed by atoms with Crippen molar-refractivity contribution in [3.63, 3.8) is 0 Å². The fourth-order valence-electron chi connectivity index (χ4n) is 2.01. The van der Waals surface area contributed by atoms with E-state index in [0.717, 1.165) is 19.0 Å². The third-order valence-electron chi connectivity index (χ3n) is 2.92. The van der Waals surface area contributed by atoms with E-state index in [1.165, 1.54) is 0 Å². The standard InChI is InChI=1S/C10H16N6O3/c1-6-4-7(2-3-19-6)13-9-8(16(17)18)5-12-10(14-9)15-11/h5-7H,2-4,11H2,1H3,(H2,12,13,14,15). The minimum atomic E-state index is -0.522. The number of hydrogen-bond donors (Lipinski definition) is 3. The first-order chi connectivity index (χ1) is 9.10. The van der Waals surface area contributed by atoms with Crippen LogP contribution in [-0.2, 0) is 4.74 Å². The lowest BCUT2D eigenvalue weighted by atomic mass is 10.0. The smallest absolute Gasteiger partial charge is 0.329 e. The lowest BCUT2D eigenvalue weighted by Crippen LogP contribution is -2.33. The average Bonchev–Trinajstić information content (AvgIpc) is 2.38. The molecule has 19 heavy (non-hydrogen) atoms. The molecular weight excluding hydrogens is 252 g/mol. The van der Waals surface area contributed by atoms with Gasteiger partial charge >= 0.3 is 5.69 Å². The van der Waals surface area contributed by atoms with Gasteiger partial charge in [0.15, 0.2) is 0 Å². The SMILES string of the molecule is CC1CC(Nc2nc(NN)ncc2[N+](=O)[O-])CCO1. The van der Waals surface area contributed by atoms with E-state index in [4.69, 9.17) is 10.6 Å². The number of hydrogen-bond acceptors (Lipinski definition) is 8. The Morgan fingerprint density at radius 1 is 1.63 bits per heavy atom. The molecule has 1 aromatic heterocycles. The van der Waals surface area contributed by atoms with Crippen LogP contribution < -0.4 is 16.6 Å². The van der Waals surface area contributed by atoms with Gasteiger partial charge in [-0.25, -0.2) is 10.8 Å². The summed E-state index contributed by atoms with van der Waals surface area (Å²) in [5.74, 6) is 5.51. The van der Waals surface area contributed by atoms with Crippen molar-refractivity contribution in [3.8, 4) is 0 Å². The minimum Gasteiger partial charge on any atom is -0.378 e. The molecule has 0 aromatic carbocycles. The van der Waals surface area contributed by atoms with Crippen molar-refractivity contribution in [1.29, 1.82) is 0 Å². The van der Waals surface area contributed by atoms with Crippen molar-refractivity contribution in [1.82, 2.24) is 9.97 Å². The Bertz CT molecular complexity index is 469. The van der Waals surface area contributed by atoms with Gasteiger partial charge in [-0.2, -0.15) is 4.98 Å². The Morgan fingerprint density at radius 3 is 3.05 bits per heavy atom. The maximum absolute atomic E-state index is 10.9. The Balaban J connectivity index is 2.19. The van der Waals surface area contributed by atoms with Gasteiger partial charge in [0.05, 0.1) is 11.0 Å². The van der Waals surface area contributed by atoms with Crippen LogP contribution in [0.4, 0.5) is 17.5 Å². The number of ether oxygens (including phenoxy) is 1. The summed E-state index contributed by atoms with van der Waals surface area (Å²) in [7, 11) is 0. The number of nitro groups is 1. The molecule has 1 fully saturated rings. The summed E-state index contributed by atoms with van der Waals surface area (Å²) < 4.78 is 5.43. The third-order valence-corrected chi connectivity index (χ3v) is 2.92. The van der Waals surface area contributed by atoms with Crippen molar-refractivity contribution < 1.29 is 9.66 Å². The lowest BCUT2D eigenvalue weighted by molar-refractivity contribution is -0.384. The van der Waals surface area contributed by atoms with Crippen LogP contribution in [0.2, 0.25) is 0 Å². The number of nitrogen functional groups attached to an aromatic ring is 1. The quantitative estimate of drug-likeness (QED) is 0.412.